The second-order valence-electron chi connectivity index (χ2n) is 9.65. The fraction of sp³-hybridized carbons (Fsp3) is 0.407. The molecule has 3 aromatic heterocycles. The van der Waals surface area contributed by atoms with Gasteiger partial charge in [0.15, 0.2) is 11.6 Å². The summed E-state index contributed by atoms with van der Waals surface area (Å²) in [6, 6.07) is 7.30. The fourth-order valence-corrected chi connectivity index (χ4v) is 5.18. The standard InChI is InChI=1S/C27H32F2N8/c1-5-22(36-10-8-30-9-11-36)18-6-7-24(31-14-18)34-27-32-15-21(29)25(35-27)19-12-20(28)26-23(13-19)37(16(2)3)17(4)33-26/h6-7,12-16,22,30H,5,8-11H2,1-4H3,(H,31,32,34,35). The number of hydrogen-bond acceptors (Lipinski definition) is 7. The predicted molar refractivity (Wildman–Crippen MR) is 141 cm³/mol. The molecule has 1 aromatic carbocycles. The molecule has 0 aliphatic carbocycles. The summed E-state index contributed by atoms with van der Waals surface area (Å²) in [7, 11) is 0. The lowest BCUT2D eigenvalue weighted by Crippen LogP contribution is -2.45. The van der Waals surface area contributed by atoms with Crippen LogP contribution in [-0.4, -0.2) is 55.6 Å². The molecule has 0 bridgehead atoms. The van der Waals surface area contributed by atoms with Crippen LogP contribution in [0.4, 0.5) is 20.5 Å². The molecule has 37 heavy (non-hydrogen) atoms. The van der Waals surface area contributed by atoms with E-state index >= 15 is 0 Å². The van der Waals surface area contributed by atoms with Gasteiger partial charge in [-0.3, -0.25) is 4.90 Å². The molecule has 10 heteroatoms. The van der Waals surface area contributed by atoms with E-state index in [1.807, 2.05) is 37.6 Å². The summed E-state index contributed by atoms with van der Waals surface area (Å²) in [6.45, 7) is 12.0. The maximum absolute atomic E-state index is 15.0. The summed E-state index contributed by atoms with van der Waals surface area (Å²) in [5, 5.41) is 6.44. The highest BCUT2D eigenvalue weighted by Gasteiger charge is 2.21. The van der Waals surface area contributed by atoms with Crippen molar-refractivity contribution in [3.63, 3.8) is 0 Å². The van der Waals surface area contributed by atoms with Gasteiger partial charge in [0, 0.05) is 50.0 Å². The Morgan fingerprint density at radius 2 is 1.81 bits per heavy atom. The van der Waals surface area contributed by atoms with Gasteiger partial charge in [0.05, 0.1) is 11.7 Å². The molecule has 0 amide bonds. The molecule has 1 unspecified atom stereocenters. The van der Waals surface area contributed by atoms with E-state index in [1.165, 1.54) is 6.07 Å². The first-order valence-corrected chi connectivity index (χ1v) is 12.7. The van der Waals surface area contributed by atoms with Crippen LogP contribution in [0.15, 0.2) is 36.7 Å². The van der Waals surface area contributed by atoms with Crippen LogP contribution in [0.25, 0.3) is 22.3 Å². The number of hydrogen-bond donors (Lipinski definition) is 2. The quantitative estimate of drug-likeness (QED) is 0.358. The molecule has 1 fully saturated rings. The van der Waals surface area contributed by atoms with Gasteiger partial charge < -0.3 is 15.2 Å². The van der Waals surface area contributed by atoms with Gasteiger partial charge in [-0.1, -0.05) is 13.0 Å². The summed E-state index contributed by atoms with van der Waals surface area (Å²) >= 11 is 0. The van der Waals surface area contributed by atoms with Gasteiger partial charge in [0.2, 0.25) is 5.95 Å². The number of rotatable bonds is 7. The zero-order chi connectivity index (χ0) is 26.1. The number of piperazine rings is 1. The average Bonchev–Trinajstić information content (AvgIpc) is 3.24. The minimum atomic E-state index is -0.637. The number of nitrogens with zero attached hydrogens (tertiary/aromatic N) is 6. The van der Waals surface area contributed by atoms with E-state index in [0.717, 1.165) is 44.4 Å². The Labute approximate surface area is 215 Å². The van der Waals surface area contributed by atoms with E-state index in [4.69, 9.17) is 0 Å². The monoisotopic (exact) mass is 506 g/mol. The highest BCUT2D eigenvalue weighted by molar-refractivity contribution is 5.83. The smallest absolute Gasteiger partial charge is 0.229 e. The number of aryl methyl sites for hydroxylation is 1. The number of imidazole rings is 1. The van der Waals surface area contributed by atoms with Crippen molar-refractivity contribution in [3.05, 3.63) is 59.7 Å². The van der Waals surface area contributed by atoms with Gasteiger partial charge in [-0.2, -0.15) is 0 Å². The Balaban J connectivity index is 1.42. The molecular formula is C27H32F2N8. The van der Waals surface area contributed by atoms with Gasteiger partial charge in [-0.25, -0.2) is 28.7 Å². The van der Waals surface area contributed by atoms with Gasteiger partial charge in [-0.15, -0.1) is 0 Å². The number of aromatic nitrogens is 5. The summed E-state index contributed by atoms with van der Waals surface area (Å²) in [4.78, 5) is 19.8. The molecule has 4 aromatic rings. The van der Waals surface area contributed by atoms with E-state index < -0.39 is 11.6 Å². The summed E-state index contributed by atoms with van der Waals surface area (Å²) < 4.78 is 31.7. The highest BCUT2D eigenvalue weighted by atomic mass is 19.1. The van der Waals surface area contributed by atoms with Gasteiger partial charge in [0.25, 0.3) is 0 Å². The van der Waals surface area contributed by atoms with Crippen LogP contribution < -0.4 is 10.6 Å². The van der Waals surface area contributed by atoms with Gasteiger partial charge in [-0.05, 0) is 51.0 Å². The van der Waals surface area contributed by atoms with Crippen LogP contribution in [0, 0.1) is 18.6 Å². The molecule has 4 heterocycles. The maximum atomic E-state index is 15.0. The molecule has 1 aliphatic heterocycles. The molecule has 194 valence electrons. The first kappa shape index (κ1) is 25.2. The molecule has 5 rings (SSSR count). The largest absolute Gasteiger partial charge is 0.326 e. The molecule has 0 spiro atoms. The second kappa shape index (κ2) is 10.5. The molecule has 0 saturated carbocycles. The number of pyridine rings is 1. The summed E-state index contributed by atoms with van der Waals surface area (Å²) in [5.74, 6) is 0.270. The lowest BCUT2D eigenvalue weighted by atomic mass is 10.0. The van der Waals surface area contributed by atoms with Crippen LogP contribution in [0.5, 0.6) is 0 Å². The van der Waals surface area contributed by atoms with Crippen LogP contribution in [-0.2, 0) is 0 Å². The first-order chi connectivity index (χ1) is 17.9. The Bertz CT molecular complexity index is 1390. The van der Waals surface area contributed by atoms with Crippen molar-refractivity contribution in [2.75, 3.05) is 31.5 Å². The number of fused-ring (bicyclic) bond motifs is 1. The number of benzene rings is 1. The zero-order valence-corrected chi connectivity index (χ0v) is 21.6. The Hall–Kier alpha value is -3.50. The van der Waals surface area contributed by atoms with Crippen LogP contribution in [0.3, 0.4) is 0 Å². The van der Waals surface area contributed by atoms with E-state index in [9.17, 15) is 8.78 Å². The van der Waals surface area contributed by atoms with Crippen molar-refractivity contribution in [2.45, 2.75) is 46.2 Å². The molecule has 2 N–H and O–H groups in total. The van der Waals surface area contributed by atoms with Crippen molar-refractivity contribution in [1.29, 1.82) is 0 Å². The SMILES string of the molecule is CCC(c1ccc(Nc2ncc(F)c(-c3cc(F)c4nc(C)n(C(C)C)c4c3)n2)nc1)N1CCNCC1. The Kier molecular flexibility index (Phi) is 7.12. The number of anilines is 2. The van der Waals surface area contributed by atoms with Crippen molar-refractivity contribution in [3.8, 4) is 11.3 Å². The van der Waals surface area contributed by atoms with E-state index in [0.29, 0.717) is 28.8 Å². The van der Waals surface area contributed by atoms with E-state index in [2.05, 4.69) is 48.5 Å². The first-order valence-electron chi connectivity index (χ1n) is 12.7. The van der Waals surface area contributed by atoms with Gasteiger partial charge >= 0.3 is 0 Å². The maximum Gasteiger partial charge on any atom is 0.229 e. The van der Waals surface area contributed by atoms with Crippen molar-refractivity contribution >= 4 is 22.8 Å². The Morgan fingerprint density at radius 3 is 2.49 bits per heavy atom. The van der Waals surface area contributed by atoms with Crippen molar-refractivity contribution in [1.82, 2.24) is 34.7 Å². The molecule has 1 aliphatic rings. The lowest BCUT2D eigenvalue weighted by molar-refractivity contribution is 0.169. The summed E-state index contributed by atoms with van der Waals surface area (Å²) in [6.07, 6.45) is 3.94. The van der Waals surface area contributed by atoms with E-state index in [1.54, 1.807) is 6.07 Å². The third-order valence-electron chi connectivity index (χ3n) is 6.85. The van der Waals surface area contributed by atoms with Crippen molar-refractivity contribution in [2.24, 2.45) is 0 Å². The Morgan fingerprint density at radius 1 is 1.03 bits per heavy atom. The molecule has 0 radical (unpaired) electrons. The molecule has 1 saturated heterocycles. The second-order valence-corrected chi connectivity index (χ2v) is 9.65. The normalized spacial score (nSPS) is 15.4. The molecule has 1 atom stereocenters. The number of nitrogens with one attached hydrogen (secondary N) is 2. The fourth-order valence-electron chi connectivity index (χ4n) is 5.18. The third kappa shape index (κ3) is 5.03. The van der Waals surface area contributed by atoms with Crippen LogP contribution >= 0.6 is 0 Å². The number of halogens is 2. The average molecular weight is 507 g/mol. The van der Waals surface area contributed by atoms with Crippen molar-refractivity contribution < 1.29 is 8.78 Å². The third-order valence-corrected chi connectivity index (χ3v) is 6.85. The van der Waals surface area contributed by atoms with Crippen LogP contribution in [0.1, 0.15) is 50.7 Å². The lowest BCUT2D eigenvalue weighted by Gasteiger charge is -2.34. The molecular weight excluding hydrogens is 474 g/mol. The predicted octanol–water partition coefficient (Wildman–Crippen LogP) is 5.16. The van der Waals surface area contributed by atoms with Gasteiger partial charge in [0.1, 0.15) is 22.9 Å². The topological polar surface area (TPSA) is 83.8 Å². The van der Waals surface area contributed by atoms with E-state index in [-0.39, 0.29) is 23.2 Å². The highest BCUT2D eigenvalue weighted by Crippen LogP contribution is 2.31. The summed E-state index contributed by atoms with van der Waals surface area (Å²) in [5.41, 5.74) is 2.34. The molecule has 8 nitrogen and oxygen atoms in total. The minimum absolute atomic E-state index is 0.00818. The minimum Gasteiger partial charge on any atom is -0.326 e. The van der Waals surface area contributed by atoms with Crippen LogP contribution in [0.2, 0.25) is 0 Å². The zero-order valence-electron chi connectivity index (χ0n) is 21.6.